The molecule has 0 spiro atoms. The summed E-state index contributed by atoms with van der Waals surface area (Å²) in [7, 11) is 0. The lowest BCUT2D eigenvalue weighted by Crippen LogP contribution is -2.23. The fraction of sp³-hybridized carbons (Fsp3) is 0.462. The van der Waals surface area contributed by atoms with Crippen LogP contribution in [0.5, 0.6) is 0 Å². The summed E-state index contributed by atoms with van der Waals surface area (Å²) in [6.07, 6.45) is 0.557. The third-order valence-electron chi connectivity index (χ3n) is 3.03. The van der Waals surface area contributed by atoms with E-state index in [9.17, 15) is 13.6 Å². The van der Waals surface area contributed by atoms with Crippen molar-refractivity contribution in [1.29, 1.82) is 0 Å². The van der Waals surface area contributed by atoms with Crippen LogP contribution in [0, 0.1) is 0 Å². The standard InChI is InChI=1S/C13H13Br2F2NO/c14-5-4-11(15)12(19)18-9-3-1-2-8(6-9)10-7-13(10,16)17/h1-3,6,10-11H,4-5,7H2,(H,18,19). The number of carbonyl (C=O) groups excluding carboxylic acids is 1. The van der Waals surface area contributed by atoms with Gasteiger partial charge >= 0.3 is 0 Å². The molecule has 1 fully saturated rings. The molecule has 1 aromatic carbocycles. The summed E-state index contributed by atoms with van der Waals surface area (Å²) in [6.45, 7) is 0. The zero-order valence-corrected chi connectivity index (χ0v) is 13.2. The van der Waals surface area contributed by atoms with Crippen LogP contribution in [-0.4, -0.2) is 22.0 Å². The Morgan fingerprint density at radius 1 is 1.53 bits per heavy atom. The molecule has 0 saturated heterocycles. The van der Waals surface area contributed by atoms with E-state index >= 15 is 0 Å². The Bertz CT molecular complexity index is 481. The average Bonchev–Trinajstić information content (AvgIpc) is 2.99. The Morgan fingerprint density at radius 2 is 2.21 bits per heavy atom. The van der Waals surface area contributed by atoms with Gasteiger partial charge in [0.25, 0.3) is 5.92 Å². The Kier molecular flexibility index (Phi) is 4.61. The predicted octanol–water partition coefficient (Wildman–Crippen LogP) is 4.30. The Hall–Kier alpha value is -0.490. The molecule has 104 valence electrons. The molecular formula is C13H13Br2F2NO. The van der Waals surface area contributed by atoms with Crippen molar-refractivity contribution in [3.63, 3.8) is 0 Å². The van der Waals surface area contributed by atoms with E-state index in [0.717, 1.165) is 0 Å². The quantitative estimate of drug-likeness (QED) is 0.738. The second-order valence-electron chi connectivity index (χ2n) is 4.58. The van der Waals surface area contributed by atoms with E-state index < -0.39 is 11.8 Å². The largest absolute Gasteiger partial charge is 0.325 e. The maximum atomic E-state index is 13.0. The highest BCUT2D eigenvalue weighted by atomic mass is 79.9. The number of hydrogen-bond acceptors (Lipinski definition) is 1. The van der Waals surface area contributed by atoms with Crippen molar-refractivity contribution in [2.24, 2.45) is 0 Å². The summed E-state index contributed by atoms with van der Waals surface area (Å²) < 4.78 is 26.0. The van der Waals surface area contributed by atoms with E-state index in [1.807, 2.05) is 0 Å². The van der Waals surface area contributed by atoms with Gasteiger partial charge in [-0.25, -0.2) is 8.78 Å². The van der Waals surface area contributed by atoms with E-state index in [4.69, 9.17) is 0 Å². The van der Waals surface area contributed by atoms with Gasteiger partial charge in [-0.15, -0.1) is 0 Å². The normalized spacial score (nSPS) is 21.8. The minimum absolute atomic E-state index is 0.102. The maximum Gasteiger partial charge on any atom is 0.255 e. The van der Waals surface area contributed by atoms with Crippen LogP contribution < -0.4 is 5.32 Å². The lowest BCUT2D eigenvalue weighted by atomic mass is 10.1. The van der Waals surface area contributed by atoms with Gasteiger partial charge in [0, 0.05) is 17.4 Å². The minimum Gasteiger partial charge on any atom is -0.325 e. The number of carbonyl (C=O) groups is 1. The first-order valence-electron chi connectivity index (χ1n) is 5.93. The third-order valence-corrected chi connectivity index (χ3v) is 4.36. The second kappa shape index (κ2) is 5.87. The molecule has 2 rings (SSSR count). The fourth-order valence-corrected chi connectivity index (χ4v) is 3.27. The lowest BCUT2D eigenvalue weighted by molar-refractivity contribution is -0.115. The van der Waals surface area contributed by atoms with Crippen LogP contribution in [0.15, 0.2) is 24.3 Å². The first-order chi connectivity index (χ1) is 8.94. The van der Waals surface area contributed by atoms with E-state index in [0.29, 0.717) is 23.0 Å². The number of nitrogens with one attached hydrogen (secondary N) is 1. The molecule has 0 aliphatic heterocycles. The van der Waals surface area contributed by atoms with Gasteiger partial charge in [-0.1, -0.05) is 44.0 Å². The summed E-state index contributed by atoms with van der Waals surface area (Å²) in [5.41, 5.74) is 1.14. The van der Waals surface area contributed by atoms with Crippen LogP contribution in [0.4, 0.5) is 14.5 Å². The van der Waals surface area contributed by atoms with Crippen molar-refractivity contribution < 1.29 is 13.6 Å². The zero-order chi connectivity index (χ0) is 14.0. The van der Waals surface area contributed by atoms with Gasteiger partial charge < -0.3 is 5.32 Å². The molecule has 2 nitrogen and oxygen atoms in total. The number of halogens is 4. The Balaban J connectivity index is 2.02. The molecule has 0 heterocycles. The van der Waals surface area contributed by atoms with E-state index in [1.54, 1.807) is 24.3 Å². The number of rotatable bonds is 5. The van der Waals surface area contributed by atoms with E-state index in [-0.39, 0.29) is 17.2 Å². The Labute approximate surface area is 127 Å². The molecule has 2 unspecified atom stereocenters. The second-order valence-corrected chi connectivity index (χ2v) is 6.48. The summed E-state index contributed by atoms with van der Waals surface area (Å²) in [6, 6.07) is 6.69. The van der Waals surface area contributed by atoms with Crippen molar-refractivity contribution >= 4 is 43.5 Å². The molecule has 1 aromatic rings. The van der Waals surface area contributed by atoms with Gasteiger partial charge in [0.1, 0.15) is 0 Å². The smallest absolute Gasteiger partial charge is 0.255 e. The molecule has 1 saturated carbocycles. The highest BCUT2D eigenvalue weighted by molar-refractivity contribution is 9.10. The molecule has 0 aromatic heterocycles. The third kappa shape index (κ3) is 3.75. The van der Waals surface area contributed by atoms with Crippen molar-refractivity contribution in [3.05, 3.63) is 29.8 Å². The topological polar surface area (TPSA) is 29.1 Å². The number of amides is 1. The van der Waals surface area contributed by atoms with Crippen molar-refractivity contribution in [2.45, 2.75) is 29.5 Å². The molecule has 1 aliphatic carbocycles. The maximum absolute atomic E-state index is 13.0. The first-order valence-corrected chi connectivity index (χ1v) is 7.96. The van der Waals surface area contributed by atoms with Gasteiger partial charge in [0.05, 0.1) is 10.7 Å². The lowest BCUT2D eigenvalue weighted by Gasteiger charge is -2.10. The highest BCUT2D eigenvalue weighted by Gasteiger charge is 2.57. The summed E-state index contributed by atoms with van der Waals surface area (Å²) in [5, 5.41) is 3.44. The van der Waals surface area contributed by atoms with E-state index in [2.05, 4.69) is 37.2 Å². The summed E-state index contributed by atoms with van der Waals surface area (Å²) >= 11 is 6.54. The molecule has 0 radical (unpaired) electrons. The van der Waals surface area contributed by atoms with Crippen LogP contribution in [0.3, 0.4) is 0 Å². The number of hydrogen-bond donors (Lipinski definition) is 1. The summed E-state index contributed by atoms with van der Waals surface area (Å²) in [5.74, 6) is -3.46. The number of benzene rings is 1. The van der Waals surface area contributed by atoms with Crippen LogP contribution in [0.2, 0.25) is 0 Å². The van der Waals surface area contributed by atoms with Gasteiger partial charge in [0.15, 0.2) is 0 Å². The Morgan fingerprint density at radius 3 is 2.79 bits per heavy atom. The van der Waals surface area contributed by atoms with E-state index in [1.165, 1.54) is 0 Å². The molecule has 1 amide bonds. The van der Waals surface area contributed by atoms with Gasteiger partial charge in [-0.3, -0.25) is 4.79 Å². The molecule has 19 heavy (non-hydrogen) atoms. The van der Waals surface area contributed by atoms with Gasteiger partial charge in [-0.05, 0) is 24.1 Å². The molecule has 1 aliphatic rings. The predicted molar refractivity (Wildman–Crippen MR) is 78.5 cm³/mol. The summed E-state index contributed by atoms with van der Waals surface area (Å²) in [4.78, 5) is 11.5. The van der Waals surface area contributed by atoms with Crippen molar-refractivity contribution in [2.75, 3.05) is 10.6 Å². The van der Waals surface area contributed by atoms with Crippen LogP contribution in [0.1, 0.15) is 24.3 Å². The van der Waals surface area contributed by atoms with Gasteiger partial charge in [0.2, 0.25) is 5.91 Å². The van der Waals surface area contributed by atoms with Crippen molar-refractivity contribution in [3.8, 4) is 0 Å². The minimum atomic E-state index is -2.59. The molecule has 2 atom stereocenters. The number of alkyl halides is 4. The SMILES string of the molecule is O=C(Nc1cccc(C2CC2(F)F)c1)C(Br)CCBr. The molecule has 1 N–H and O–H groups in total. The van der Waals surface area contributed by atoms with Crippen molar-refractivity contribution in [1.82, 2.24) is 0 Å². The van der Waals surface area contributed by atoms with Gasteiger partial charge in [-0.2, -0.15) is 0 Å². The first kappa shape index (κ1) is 14.9. The zero-order valence-electron chi connectivity index (χ0n) is 10.0. The molecule has 0 bridgehead atoms. The fourth-order valence-electron chi connectivity index (χ4n) is 1.86. The van der Waals surface area contributed by atoms with Crippen LogP contribution in [0.25, 0.3) is 0 Å². The number of anilines is 1. The monoisotopic (exact) mass is 395 g/mol. The highest BCUT2D eigenvalue weighted by Crippen LogP contribution is 2.55. The average molecular weight is 397 g/mol. The van der Waals surface area contributed by atoms with Crippen LogP contribution in [-0.2, 0) is 4.79 Å². The molecule has 6 heteroatoms. The molecular weight excluding hydrogens is 384 g/mol. The van der Waals surface area contributed by atoms with Crippen LogP contribution >= 0.6 is 31.9 Å².